The minimum Gasteiger partial charge on any atom is -0.331 e. The molecule has 3 aromatic rings. The van der Waals surface area contributed by atoms with Gasteiger partial charge in [0.15, 0.2) is 5.65 Å². The molecule has 0 unspecified atom stereocenters. The third-order valence-electron chi connectivity index (χ3n) is 5.63. The molecule has 0 atom stereocenters. The van der Waals surface area contributed by atoms with Crippen LogP contribution in [-0.2, 0) is 6.54 Å². The standard InChI is InChI=1S/C22H25BrN4O/c1-3-26(22(28)16-11-10-15(2)18(23)13-16)14-20-25-19-9-6-12-24-21(19)27(20)17-7-4-5-8-17/h6,9-13,17H,3-5,7-8,14H2,1-2H3. The number of aryl methyl sites for hydroxylation is 1. The van der Waals surface area contributed by atoms with Crippen LogP contribution >= 0.6 is 15.9 Å². The van der Waals surface area contributed by atoms with Crippen LogP contribution in [0.4, 0.5) is 0 Å². The number of halogens is 1. The number of aromatic nitrogens is 3. The lowest BCUT2D eigenvalue weighted by Crippen LogP contribution is -2.32. The van der Waals surface area contributed by atoms with Crippen molar-refractivity contribution in [3.05, 3.63) is 58.0 Å². The number of fused-ring (bicyclic) bond motifs is 1. The highest BCUT2D eigenvalue weighted by molar-refractivity contribution is 9.10. The van der Waals surface area contributed by atoms with Gasteiger partial charge >= 0.3 is 0 Å². The van der Waals surface area contributed by atoms with E-state index in [1.165, 1.54) is 12.8 Å². The Morgan fingerprint density at radius 1 is 1.29 bits per heavy atom. The zero-order valence-electron chi connectivity index (χ0n) is 16.4. The van der Waals surface area contributed by atoms with E-state index in [9.17, 15) is 4.79 Å². The van der Waals surface area contributed by atoms with E-state index in [0.717, 1.165) is 39.9 Å². The van der Waals surface area contributed by atoms with Gasteiger partial charge in [-0.2, -0.15) is 0 Å². The predicted molar refractivity (Wildman–Crippen MR) is 114 cm³/mol. The number of benzene rings is 1. The van der Waals surface area contributed by atoms with Crippen molar-refractivity contribution in [2.45, 2.75) is 52.1 Å². The second-order valence-corrected chi connectivity index (χ2v) is 8.32. The maximum atomic E-state index is 13.1. The van der Waals surface area contributed by atoms with Crippen LogP contribution in [0.2, 0.25) is 0 Å². The maximum absolute atomic E-state index is 13.1. The minimum absolute atomic E-state index is 0.0289. The Morgan fingerprint density at radius 2 is 2.07 bits per heavy atom. The Morgan fingerprint density at radius 3 is 2.79 bits per heavy atom. The number of carbonyl (C=O) groups is 1. The molecule has 0 bridgehead atoms. The van der Waals surface area contributed by atoms with Gasteiger partial charge in [0, 0.05) is 28.8 Å². The number of amides is 1. The van der Waals surface area contributed by atoms with Crippen molar-refractivity contribution in [1.29, 1.82) is 0 Å². The van der Waals surface area contributed by atoms with Crippen LogP contribution < -0.4 is 0 Å². The molecule has 0 aliphatic heterocycles. The smallest absolute Gasteiger partial charge is 0.254 e. The number of hydrogen-bond donors (Lipinski definition) is 0. The van der Waals surface area contributed by atoms with Crippen molar-refractivity contribution < 1.29 is 4.79 Å². The van der Waals surface area contributed by atoms with E-state index < -0.39 is 0 Å². The monoisotopic (exact) mass is 440 g/mol. The lowest BCUT2D eigenvalue weighted by molar-refractivity contribution is 0.0746. The summed E-state index contributed by atoms with van der Waals surface area (Å²) < 4.78 is 3.24. The molecule has 0 N–H and O–H groups in total. The van der Waals surface area contributed by atoms with Crippen molar-refractivity contribution in [2.75, 3.05) is 6.54 Å². The molecule has 0 saturated heterocycles. The fourth-order valence-electron chi connectivity index (χ4n) is 4.04. The quantitative estimate of drug-likeness (QED) is 0.542. The molecule has 2 heterocycles. The van der Waals surface area contributed by atoms with E-state index in [1.54, 1.807) is 0 Å². The first kappa shape index (κ1) is 19.1. The summed E-state index contributed by atoms with van der Waals surface area (Å²) in [5.74, 6) is 0.961. The van der Waals surface area contributed by atoms with Crippen LogP contribution in [0.5, 0.6) is 0 Å². The maximum Gasteiger partial charge on any atom is 0.254 e. The second-order valence-electron chi connectivity index (χ2n) is 7.47. The molecule has 146 valence electrons. The van der Waals surface area contributed by atoms with Crippen molar-refractivity contribution in [3.8, 4) is 0 Å². The normalized spacial score (nSPS) is 14.7. The van der Waals surface area contributed by atoms with Gasteiger partial charge < -0.3 is 9.47 Å². The van der Waals surface area contributed by atoms with E-state index in [1.807, 2.05) is 55.3 Å². The van der Waals surface area contributed by atoms with Crippen LogP contribution in [0, 0.1) is 6.92 Å². The molecule has 4 rings (SSSR count). The molecule has 2 aromatic heterocycles. The SMILES string of the molecule is CCN(Cc1nc2cccnc2n1C1CCCC1)C(=O)c1ccc(C)c(Br)c1. The number of pyridine rings is 1. The Balaban J connectivity index is 1.68. The zero-order chi connectivity index (χ0) is 19.7. The summed E-state index contributed by atoms with van der Waals surface area (Å²) in [4.78, 5) is 24.5. The Kier molecular flexibility index (Phi) is 5.49. The van der Waals surface area contributed by atoms with Gasteiger partial charge in [0.25, 0.3) is 5.91 Å². The molecule has 1 saturated carbocycles. The van der Waals surface area contributed by atoms with Crippen LogP contribution in [-0.4, -0.2) is 31.9 Å². The summed E-state index contributed by atoms with van der Waals surface area (Å²) >= 11 is 3.54. The van der Waals surface area contributed by atoms with Gasteiger partial charge in [-0.1, -0.05) is 34.8 Å². The molecule has 28 heavy (non-hydrogen) atoms. The van der Waals surface area contributed by atoms with Gasteiger partial charge in [0.05, 0.1) is 6.54 Å². The van der Waals surface area contributed by atoms with Crippen molar-refractivity contribution in [2.24, 2.45) is 0 Å². The van der Waals surface area contributed by atoms with E-state index in [0.29, 0.717) is 24.7 Å². The van der Waals surface area contributed by atoms with Crippen molar-refractivity contribution in [3.63, 3.8) is 0 Å². The molecular formula is C22H25BrN4O. The highest BCUT2D eigenvalue weighted by Gasteiger charge is 2.25. The molecule has 0 radical (unpaired) electrons. The summed E-state index contributed by atoms with van der Waals surface area (Å²) in [5.41, 5.74) is 3.66. The summed E-state index contributed by atoms with van der Waals surface area (Å²) in [6, 6.07) is 10.1. The molecule has 5 nitrogen and oxygen atoms in total. The summed E-state index contributed by atoms with van der Waals surface area (Å²) in [6.45, 7) is 5.16. The fraction of sp³-hybridized carbons (Fsp3) is 0.409. The van der Waals surface area contributed by atoms with Crippen LogP contribution in [0.15, 0.2) is 41.0 Å². The molecule has 1 aliphatic carbocycles. The Hall–Kier alpha value is -2.21. The van der Waals surface area contributed by atoms with Gasteiger partial charge in [0.1, 0.15) is 11.3 Å². The first-order valence-electron chi connectivity index (χ1n) is 9.95. The van der Waals surface area contributed by atoms with E-state index in [-0.39, 0.29) is 5.91 Å². The van der Waals surface area contributed by atoms with E-state index in [2.05, 4.69) is 25.5 Å². The zero-order valence-corrected chi connectivity index (χ0v) is 17.9. The fourth-order valence-corrected chi connectivity index (χ4v) is 4.42. The average Bonchev–Trinajstić information content (AvgIpc) is 3.34. The molecule has 1 fully saturated rings. The first-order chi connectivity index (χ1) is 13.6. The van der Waals surface area contributed by atoms with Gasteiger partial charge in [-0.25, -0.2) is 9.97 Å². The molecule has 1 amide bonds. The lowest BCUT2D eigenvalue weighted by Gasteiger charge is -2.23. The van der Waals surface area contributed by atoms with E-state index >= 15 is 0 Å². The average molecular weight is 441 g/mol. The topological polar surface area (TPSA) is 51.0 Å². The largest absolute Gasteiger partial charge is 0.331 e. The predicted octanol–water partition coefficient (Wildman–Crippen LogP) is 5.28. The minimum atomic E-state index is 0.0289. The number of carbonyl (C=O) groups excluding carboxylic acids is 1. The number of imidazole rings is 1. The van der Waals surface area contributed by atoms with Crippen molar-refractivity contribution >= 4 is 33.0 Å². The molecule has 0 spiro atoms. The molecular weight excluding hydrogens is 416 g/mol. The van der Waals surface area contributed by atoms with Crippen LogP contribution in [0.25, 0.3) is 11.2 Å². The highest BCUT2D eigenvalue weighted by Crippen LogP contribution is 2.33. The lowest BCUT2D eigenvalue weighted by atomic mass is 10.1. The van der Waals surface area contributed by atoms with Crippen LogP contribution in [0.1, 0.15) is 60.4 Å². The summed E-state index contributed by atoms with van der Waals surface area (Å²) in [6.07, 6.45) is 6.61. The van der Waals surface area contributed by atoms with E-state index in [4.69, 9.17) is 4.98 Å². The van der Waals surface area contributed by atoms with Crippen molar-refractivity contribution in [1.82, 2.24) is 19.4 Å². The summed E-state index contributed by atoms with van der Waals surface area (Å²) in [7, 11) is 0. The first-order valence-corrected chi connectivity index (χ1v) is 10.7. The molecule has 1 aliphatic rings. The van der Waals surface area contributed by atoms with Gasteiger partial charge in [-0.05, 0) is 56.5 Å². The molecule has 6 heteroatoms. The second kappa shape index (κ2) is 8.03. The third-order valence-corrected chi connectivity index (χ3v) is 6.49. The third kappa shape index (κ3) is 3.58. The number of nitrogens with zero attached hydrogens (tertiary/aromatic N) is 4. The molecule has 1 aromatic carbocycles. The number of rotatable bonds is 5. The van der Waals surface area contributed by atoms with Gasteiger partial charge in [-0.15, -0.1) is 0 Å². The highest BCUT2D eigenvalue weighted by atomic mass is 79.9. The van der Waals surface area contributed by atoms with Gasteiger partial charge in [-0.3, -0.25) is 4.79 Å². The van der Waals surface area contributed by atoms with Crippen LogP contribution in [0.3, 0.4) is 0 Å². The summed E-state index contributed by atoms with van der Waals surface area (Å²) in [5, 5.41) is 0. The van der Waals surface area contributed by atoms with Gasteiger partial charge in [0.2, 0.25) is 0 Å². The Bertz CT molecular complexity index is 1010. The Labute approximate surface area is 173 Å². The number of hydrogen-bond acceptors (Lipinski definition) is 3.